The van der Waals surface area contributed by atoms with Gasteiger partial charge in [-0.15, -0.1) is 18.3 Å². The summed E-state index contributed by atoms with van der Waals surface area (Å²) in [4.78, 5) is 13.7. The first kappa shape index (κ1) is 18.8. The number of ether oxygens (including phenoxy) is 1. The van der Waals surface area contributed by atoms with Crippen LogP contribution in [0.15, 0.2) is 47.9 Å². The summed E-state index contributed by atoms with van der Waals surface area (Å²) in [6.45, 7) is 14.2. The zero-order valence-electron chi connectivity index (χ0n) is 14.3. The fourth-order valence-electron chi connectivity index (χ4n) is 2.38. The first-order valence-electron chi connectivity index (χ1n) is 7.91. The SMILES string of the molecule is C=C[C@@H](C)[C@H](Sc1ccccc1)C(=O)OC(C(C)C)C(C)C. The fraction of sp³-hybridized carbons (Fsp3) is 0.526. The zero-order valence-corrected chi connectivity index (χ0v) is 15.1. The molecule has 1 aromatic rings. The maximum atomic E-state index is 12.7. The van der Waals surface area contributed by atoms with E-state index in [9.17, 15) is 4.79 Å². The maximum Gasteiger partial charge on any atom is 0.320 e. The number of carbonyl (C=O) groups is 1. The third kappa shape index (κ3) is 5.53. The highest BCUT2D eigenvalue weighted by Crippen LogP contribution is 2.31. The summed E-state index contributed by atoms with van der Waals surface area (Å²) in [5, 5.41) is -0.264. The topological polar surface area (TPSA) is 26.3 Å². The van der Waals surface area contributed by atoms with Gasteiger partial charge in [-0.25, -0.2) is 0 Å². The van der Waals surface area contributed by atoms with Crippen LogP contribution in [0.4, 0.5) is 0 Å². The van der Waals surface area contributed by atoms with Crippen LogP contribution in [0, 0.1) is 17.8 Å². The molecule has 0 aliphatic carbocycles. The number of thioether (sulfide) groups is 1. The van der Waals surface area contributed by atoms with Crippen molar-refractivity contribution in [2.75, 3.05) is 0 Å². The van der Waals surface area contributed by atoms with Gasteiger partial charge in [0.15, 0.2) is 0 Å². The van der Waals surface area contributed by atoms with E-state index in [1.54, 1.807) is 11.8 Å². The van der Waals surface area contributed by atoms with E-state index in [1.807, 2.05) is 43.3 Å². The van der Waals surface area contributed by atoms with E-state index >= 15 is 0 Å². The van der Waals surface area contributed by atoms with Crippen LogP contribution in [0.1, 0.15) is 34.6 Å². The van der Waals surface area contributed by atoms with Gasteiger partial charge >= 0.3 is 5.97 Å². The van der Waals surface area contributed by atoms with Gasteiger partial charge in [-0.1, -0.05) is 58.9 Å². The lowest BCUT2D eigenvalue weighted by molar-refractivity contribution is -0.153. The second kappa shape index (κ2) is 9.04. The van der Waals surface area contributed by atoms with Crippen molar-refractivity contribution in [1.82, 2.24) is 0 Å². The highest BCUT2D eigenvalue weighted by Gasteiger charge is 2.30. The molecule has 22 heavy (non-hydrogen) atoms. The average molecular weight is 320 g/mol. The van der Waals surface area contributed by atoms with Crippen LogP contribution in [-0.2, 0) is 9.53 Å². The average Bonchev–Trinajstić information content (AvgIpc) is 2.49. The molecule has 1 aromatic carbocycles. The lowest BCUT2D eigenvalue weighted by Crippen LogP contribution is -2.35. The Hall–Kier alpha value is -1.22. The molecule has 0 aliphatic heterocycles. The molecule has 0 saturated heterocycles. The van der Waals surface area contributed by atoms with Crippen LogP contribution in [-0.4, -0.2) is 17.3 Å². The Labute approximate surface area is 139 Å². The number of carbonyl (C=O) groups excluding carboxylic acids is 1. The van der Waals surface area contributed by atoms with Crippen LogP contribution in [0.2, 0.25) is 0 Å². The summed E-state index contributed by atoms with van der Waals surface area (Å²) in [5.74, 6) is 0.530. The van der Waals surface area contributed by atoms with Crippen LogP contribution >= 0.6 is 11.8 Å². The van der Waals surface area contributed by atoms with E-state index < -0.39 is 0 Å². The molecule has 1 rings (SSSR count). The Morgan fingerprint density at radius 2 is 1.64 bits per heavy atom. The molecule has 2 nitrogen and oxygen atoms in total. The van der Waals surface area contributed by atoms with Gasteiger partial charge in [-0.2, -0.15) is 0 Å². The third-order valence-electron chi connectivity index (χ3n) is 3.65. The van der Waals surface area contributed by atoms with Crippen molar-refractivity contribution in [3.63, 3.8) is 0 Å². The van der Waals surface area contributed by atoms with E-state index in [-0.39, 0.29) is 23.2 Å². The van der Waals surface area contributed by atoms with Crippen molar-refractivity contribution in [1.29, 1.82) is 0 Å². The van der Waals surface area contributed by atoms with Gasteiger partial charge in [0.05, 0.1) is 0 Å². The quantitative estimate of drug-likeness (QED) is 0.374. The first-order chi connectivity index (χ1) is 10.4. The number of hydrogen-bond acceptors (Lipinski definition) is 3. The van der Waals surface area contributed by atoms with E-state index in [4.69, 9.17) is 4.74 Å². The molecule has 0 amide bonds. The monoisotopic (exact) mass is 320 g/mol. The molecule has 122 valence electrons. The second-order valence-corrected chi connectivity index (χ2v) is 7.55. The van der Waals surface area contributed by atoms with E-state index in [0.717, 1.165) is 4.90 Å². The minimum absolute atomic E-state index is 0.0524. The van der Waals surface area contributed by atoms with Crippen molar-refractivity contribution < 1.29 is 9.53 Å². The van der Waals surface area contributed by atoms with Gasteiger partial charge in [0.2, 0.25) is 0 Å². The van der Waals surface area contributed by atoms with Crippen LogP contribution in [0.3, 0.4) is 0 Å². The van der Waals surface area contributed by atoms with Crippen molar-refractivity contribution in [3.05, 3.63) is 43.0 Å². The number of hydrogen-bond donors (Lipinski definition) is 0. The molecule has 0 aromatic heterocycles. The van der Waals surface area contributed by atoms with Crippen molar-refractivity contribution in [2.24, 2.45) is 17.8 Å². The fourth-order valence-corrected chi connectivity index (χ4v) is 3.47. The molecule has 3 heteroatoms. The Kier molecular flexibility index (Phi) is 7.74. The maximum absolute atomic E-state index is 12.7. The molecule has 0 bridgehead atoms. The summed E-state index contributed by atoms with van der Waals surface area (Å²) >= 11 is 1.55. The van der Waals surface area contributed by atoms with Crippen molar-refractivity contribution >= 4 is 17.7 Å². The number of esters is 1. The Bertz CT molecular complexity index is 460. The smallest absolute Gasteiger partial charge is 0.320 e. The number of allylic oxidation sites excluding steroid dienone is 1. The molecule has 0 fully saturated rings. The minimum atomic E-state index is -0.264. The first-order valence-corrected chi connectivity index (χ1v) is 8.79. The Morgan fingerprint density at radius 3 is 2.09 bits per heavy atom. The van der Waals surface area contributed by atoms with E-state index in [2.05, 4.69) is 34.3 Å². The Morgan fingerprint density at radius 1 is 1.09 bits per heavy atom. The summed E-state index contributed by atoms with van der Waals surface area (Å²) in [6.07, 6.45) is 1.77. The van der Waals surface area contributed by atoms with Gasteiger partial charge in [-0.05, 0) is 29.9 Å². The molecule has 0 N–H and O–H groups in total. The van der Waals surface area contributed by atoms with Crippen LogP contribution in [0.25, 0.3) is 0 Å². The summed E-state index contributed by atoms with van der Waals surface area (Å²) in [7, 11) is 0. The normalized spacial score (nSPS) is 14.2. The Balaban J connectivity index is 2.87. The van der Waals surface area contributed by atoms with Gasteiger partial charge < -0.3 is 4.74 Å². The van der Waals surface area contributed by atoms with Crippen molar-refractivity contribution in [2.45, 2.75) is 50.9 Å². The molecule has 0 heterocycles. The summed E-state index contributed by atoms with van der Waals surface area (Å²) in [5.41, 5.74) is 0. The molecule has 0 spiro atoms. The molecule has 0 unspecified atom stereocenters. The second-order valence-electron chi connectivity index (χ2n) is 6.34. The predicted octanol–water partition coefficient (Wildman–Crippen LogP) is 5.19. The van der Waals surface area contributed by atoms with Gasteiger partial charge in [0, 0.05) is 4.90 Å². The molecular formula is C19H28O2S. The van der Waals surface area contributed by atoms with Gasteiger partial charge in [0.1, 0.15) is 11.4 Å². The standard InChI is InChI=1S/C19H28O2S/c1-7-15(6)18(22-16-11-9-8-10-12-16)19(20)21-17(13(2)3)14(4)5/h7-15,17-18H,1H2,2-6H3/t15-,18+/m1/s1. The number of benzene rings is 1. The molecular weight excluding hydrogens is 292 g/mol. The summed E-state index contributed by atoms with van der Waals surface area (Å²) in [6, 6.07) is 9.97. The van der Waals surface area contributed by atoms with E-state index in [1.165, 1.54) is 0 Å². The summed E-state index contributed by atoms with van der Waals surface area (Å²) < 4.78 is 5.82. The molecule has 0 saturated carbocycles. The van der Waals surface area contributed by atoms with Crippen LogP contribution in [0.5, 0.6) is 0 Å². The number of rotatable bonds is 8. The van der Waals surface area contributed by atoms with Crippen molar-refractivity contribution in [3.8, 4) is 0 Å². The molecule has 2 atom stereocenters. The van der Waals surface area contributed by atoms with E-state index in [0.29, 0.717) is 11.8 Å². The molecule has 0 radical (unpaired) electrons. The van der Waals surface area contributed by atoms with Crippen LogP contribution < -0.4 is 0 Å². The zero-order chi connectivity index (χ0) is 16.7. The lowest BCUT2D eigenvalue weighted by Gasteiger charge is -2.28. The third-order valence-corrected chi connectivity index (χ3v) is 5.07. The van der Waals surface area contributed by atoms with Gasteiger partial charge in [0.25, 0.3) is 0 Å². The highest BCUT2D eigenvalue weighted by molar-refractivity contribution is 8.00. The lowest BCUT2D eigenvalue weighted by atomic mass is 9.96. The molecule has 0 aliphatic rings. The highest BCUT2D eigenvalue weighted by atomic mass is 32.2. The largest absolute Gasteiger partial charge is 0.461 e. The minimum Gasteiger partial charge on any atom is -0.461 e. The predicted molar refractivity (Wildman–Crippen MR) is 95.0 cm³/mol. The van der Waals surface area contributed by atoms with Gasteiger partial charge in [-0.3, -0.25) is 4.79 Å².